The Morgan fingerprint density at radius 1 is 1.47 bits per heavy atom. The summed E-state index contributed by atoms with van der Waals surface area (Å²) in [5, 5.41) is 19.5. The number of aliphatic hydroxyl groups is 1. The fourth-order valence-electron chi connectivity index (χ4n) is 1.20. The molecule has 0 aromatic heterocycles. The summed E-state index contributed by atoms with van der Waals surface area (Å²) >= 11 is 0. The van der Waals surface area contributed by atoms with E-state index in [1.165, 1.54) is 19.1 Å². The Kier molecular flexibility index (Phi) is 3.31. The quantitative estimate of drug-likeness (QED) is 0.623. The van der Waals surface area contributed by atoms with E-state index >= 15 is 0 Å². The molecule has 0 spiro atoms. The van der Waals surface area contributed by atoms with Crippen LogP contribution < -0.4 is 0 Å². The Bertz CT molecular complexity index is 382. The molecule has 0 aliphatic heterocycles. The van der Waals surface area contributed by atoms with Crippen LogP contribution in [-0.2, 0) is 0 Å². The molecule has 1 unspecified atom stereocenters. The molecule has 4 nitrogen and oxygen atoms in total. The van der Waals surface area contributed by atoms with Crippen molar-refractivity contribution in [3.8, 4) is 0 Å². The second-order valence-corrected chi connectivity index (χ2v) is 3.08. The number of nitrogens with zero attached hydrogens (tertiary/aromatic N) is 1. The molecule has 0 saturated carbocycles. The Morgan fingerprint density at radius 3 is 2.53 bits per heavy atom. The number of nitro groups is 1. The summed E-state index contributed by atoms with van der Waals surface area (Å²) in [4.78, 5) is 9.70. The van der Waals surface area contributed by atoms with Crippen molar-refractivity contribution in [3.63, 3.8) is 0 Å². The number of non-ortho nitro benzene ring substituents is 1. The average molecular weight is 217 g/mol. The third-order valence-electron chi connectivity index (χ3n) is 2.03. The largest absolute Gasteiger partial charge is 0.382 e. The molecular weight excluding hydrogens is 208 g/mol. The summed E-state index contributed by atoms with van der Waals surface area (Å²) in [6.07, 6.45) is -4.93. The van der Waals surface area contributed by atoms with E-state index in [0.717, 1.165) is 6.07 Å². The van der Waals surface area contributed by atoms with Crippen LogP contribution in [0.5, 0.6) is 0 Å². The molecule has 0 amide bonds. The molecule has 1 aromatic carbocycles. The lowest BCUT2D eigenvalue weighted by atomic mass is 10.0. The van der Waals surface area contributed by atoms with Gasteiger partial charge in [-0.3, -0.25) is 10.1 Å². The highest BCUT2D eigenvalue weighted by Gasteiger charge is 2.22. The zero-order valence-electron chi connectivity index (χ0n) is 7.85. The van der Waals surface area contributed by atoms with Gasteiger partial charge in [0.2, 0.25) is 0 Å². The van der Waals surface area contributed by atoms with Crippen molar-refractivity contribution in [1.82, 2.24) is 0 Å². The molecular formula is C9H9F2NO3. The van der Waals surface area contributed by atoms with Gasteiger partial charge in [-0.1, -0.05) is 6.07 Å². The third kappa shape index (κ3) is 2.47. The van der Waals surface area contributed by atoms with Crippen LogP contribution in [0, 0.1) is 17.0 Å². The van der Waals surface area contributed by atoms with Gasteiger partial charge in [0.15, 0.2) is 0 Å². The van der Waals surface area contributed by atoms with Crippen molar-refractivity contribution in [1.29, 1.82) is 0 Å². The van der Waals surface area contributed by atoms with Crippen LogP contribution in [0.15, 0.2) is 18.2 Å². The minimum absolute atomic E-state index is 0.112. The van der Waals surface area contributed by atoms with Gasteiger partial charge in [-0.05, 0) is 18.1 Å². The van der Waals surface area contributed by atoms with Crippen LogP contribution in [-0.4, -0.2) is 16.5 Å². The second-order valence-electron chi connectivity index (χ2n) is 3.08. The van der Waals surface area contributed by atoms with Gasteiger partial charge in [0, 0.05) is 12.1 Å². The third-order valence-corrected chi connectivity index (χ3v) is 2.03. The summed E-state index contributed by atoms with van der Waals surface area (Å²) in [5.41, 5.74) is -0.0251. The topological polar surface area (TPSA) is 63.4 Å². The molecule has 0 fully saturated rings. The number of alkyl halides is 2. The van der Waals surface area contributed by atoms with E-state index in [4.69, 9.17) is 5.11 Å². The number of rotatable bonds is 3. The van der Waals surface area contributed by atoms with Crippen molar-refractivity contribution in [2.45, 2.75) is 19.5 Å². The zero-order valence-corrected chi connectivity index (χ0v) is 7.85. The smallest absolute Gasteiger partial charge is 0.269 e. The van der Waals surface area contributed by atoms with Gasteiger partial charge in [-0.15, -0.1) is 0 Å². The maximum atomic E-state index is 12.2. The number of aryl methyl sites for hydroxylation is 1. The highest BCUT2D eigenvalue weighted by atomic mass is 19.3. The Hall–Kier alpha value is -1.56. The van der Waals surface area contributed by atoms with E-state index < -0.39 is 17.5 Å². The maximum Gasteiger partial charge on any atom is 0.269 e. The predicted octanol–water partition coefficient (Wildman–Crippen LogP) is 2.20. The highest BCUT2D eigenvalue weighted by Crippen LogP contribution is 2.26. The van der Waals surface area contributed by atoms with Crippen molar-refractivity contribution < 1.29 is 18.8 Å². The molecule has 1 N–H and O–H groups in total. The molecule has 0 radical (unpaired) electrons. The van der Waals surface area contributed by atoms with Crippen LogP contribution in [0.1, 0.15) is 17.2 Å². The standard InChI is InChI=1S/C9H9F2NO3/c1-5-2-3-6(12(14)15)4-7(5)8(13)9(10)11/h2-4,8-9,13H,1H3. The van der Waals surface area contributed by atoms with E-state index in [2.05, 4.69) is 0 Å². The molecule has 1 atom stereocenters. The number of benzene rings is 1. The van der Waals surface area contributed by atoms with Crippen LogP contribution >= 0.6 is 0 Å². The van der Waals surface area contributed by atoms with Gasteiger partial charge in [0.25, 0.3) is 12.1 Å². The first-order valence-electron chi connectivity index (χ1n) is 4.14. The highest BCUT2D eigenvalue weighted by molar-refractivity contribution is 5.40. The summed E-state index contributed by atoms with van der Waals surface area (Å²) < 4.78 is 24.4. The number of hydrogen-bond acceptors (Lipinski definition) is 3. The Balaban J connectivity index is 3.16. The lowest BCUT2D eigenvalue weighted by Crippen LogP contribution is -2.10. The molecule has 82 valence electrons. The van der Waals surface area contributed by atoms with E-state index in [0.29, 0.717) is 5.56 Å². The van der Waals surface area contributed by atoms with Crippen LogP contribution in [0.3, 0.4) is 0 Å². The zero-order chi connectivity index (χ0) is 11.6. The van der Waals surface area contributed by atoms with Gasteiger partial charge >= 0.3 is 0 Å². The molecule has 0 aliphatic rings. The molecule has 0 bridgehead atoms. The summed E-state index contributed by atoms with van der Waals surface area (Å²) in [5.74, 6) is 0. The number of halogens is 2. The molecule has 6 heteroatoms. The van der Waals surface area contributed by atoms with Gasteiger partial charge in [-0.2, -0.15) is 0 Å². The lowest BCUT2D eigenvalue weighted by molar-refractivity contribution is -0.385. The Morgan fingerprint density at radius 2 is 2.07 bits per heavy atom. The van der Waals surface area contributed by atoms with Crippen LogP contribution in [0.2, 0.25) is 0 Å². The average Bonchev–Trinajstić information content (AvgIpc) is 2.16. The fraction of sp³-hybridized carbons (Fsp3) is 0.333. The monoisotopic (exact) mass is 217 g/mol. The first kappa shape index (κ1) is 11.5. The first-order chi connectivity index (χ1) is 6.93. The normalized spacial score (nSPS) is 12.9. The van der Waals surface area contributed by atoms with Crippen LogP contribution in [0.25, 0.3) is 0 Å². The first-order valence-corrected chi connectivity index (χ1v) is 4.14. The van der Waals surface area contributed by atoms with Gasteiger partial charge in [-0.25, -0.2) is 8.78 Å². The molecule has 0 heterocycles. The SMILES string of the molecule is Cc1ccc([N+](=O)[O-])cc1C(O)C(F)F. The second kappa shape index (κ2) is 4.31. The lowest BCUT2D eigenvalue weighted by Gasteiger charge is -2.11. The van der Waals surface area contributed by atoms with Gasteiger partial charge in [0.05, 0.1) is 4.92 Å². The van der Waals surface area contributed by atoms with E-state index in [-0.39, 0.29) is 11.3 Å². The molecule has 1 rings (SSSR count). The molecule has 15 heavy (non-hydrogen) atoms. The fourth-order valence-corrected chi connectivity index (χ4v) is 1.20. The van der Waals surface area contributed by atoms with E-state index in [1.807, 2.05) is 0 Å². The minimum atomic E-state index is -2.95. The van der Waals surface area contributed by atoms with Crippen molar-refractivity contribution >= 4 is 5.69 Å². The van der Waals surface area contributed by atoms with Gasteiger partial charge < -0.3 is 5.11 Å². The summed E-state index contributed by atoms with van der Waals surface area (Å²) in [6.45, 7) is 1.50. The summed E-state index contributed by atoms with van der Waals surface area (Å²) in [6, 6.07) is 3.50. The minimum Gasteiger partial charge on any atom is -0.382 e. The molecule has 1 aromatic rings. The number of hydrogen-bond donors (Lipinski definition) is 1. The van der Waals surface area contributed by atoms with Crippen molar-refractivity contribution in [3.05, 3.63) is 39.4 Å². The summed E-state index contributed by atoms with van der Waals surface area (Å²) in [7, 11) is 0. The van der Waals surface area contributed by atoms with Gasteiger partial charge in [0.1, 0.15) is 6.10 Å². The number of nitro benzene ring substituents is 1. The Labute approximate surface area is 84.3 Å². The molecule has 0 aliphatic carbocycles. The van der Waals surface area contributed by atoms with E-state index in [9.17, 15) is 18.9 Å². The molecule has 0 saturated heterocycles. The van der Waals surface area contributed by atoms with Crippen molar-refractivity contribution in [2.24, 2.45) is 0 Å². The van der Waals surface area contributed by atoms with Crippen molar-refractivity contribution in [2.75, 3.05) is 0 Å². The van der Waals surface area contributed by atoms with Crippen LogP contribution in [0.4, 0.5) is 14.5 Å². The predicted molar refractivity (Wildman–Crippen MR) is 48.8 cm³/mol. The number of aliphatic hydroxyl groups excluding tert-OH is 1. The maximum absolute atomic E-state index is 12.2. The van der Waals surface area contributed by atoms with E-state index in [1.54, 1.807) is 0 Å².